The summed E-state index contributed by atoms with van der Waals surface area (Å²) >= 11 is 0. The zero-order valence-electron chi connectivity index (χ0n) is 14.1. The van der Waals surface area contributed by atoms with Gasteiger partial charge < -0.3 is 20.1 Å². The van der Waals surface area contributed by atoms with Crippen molar-refractivity contribution in [3.63, 3.8) is 0 Å². The van der Waals surface area contributed by atoms with Gasteiger partial charge in [-0.25, -0.2) is 0 Å². The van der Waals surface area contributed by atoms with E-state index in [1.807, 2.05) is 37.3 Å². The fourth-order valence-electron chi connectivity index (χ4n) is 2.85. The van der Waals surface area contributed by atoms with Crippen molar-refractivity contribution in [3.8, 4) is 0 Å². The van der Waals surface area contributed by atoms with Crippen LogP contribution in [0.3, 0.4) is 0 Å². The lowest BCUT2D eigenvalue weighted by Gasteiger charge is -2.36. The van der Waals surface area contributed by atoms with Gasteiger partial charge >= 0.3 is 0 Å². The third kappa shape index (κ3) is 5.03. The number of anilines is 1. The number of nitrogens with one attached hydrogen (secondary N) is 1. The van der Waals surface area contributed by atoms with Gasteiger partial charge in [0.15, 0.2) is 0 Å². The number of benzene rings is 1. The molecule has 1 aliphatic rings. The van der Waals surface area contributed by atoms with E-state index in [0.29, 0.717) is 19.6 Å². The molecular formula is C18H28N2O3. The number of rotatable bonds is 7. The number of nitrogens with zero attached hydrogens (tertiary/aromatic N) is 1. The standard InChI is InChI=1S/C18H28N2O3/c1-15(19-13-18(14-21)8-10-23-11-9-18)12-17(22)20(2)16-6-4-3-5-7-16/h3-7,15,19,21H,8-14H2,1-2H3. The second-order valence-electron chi connectivity index (χ2n) is 6.54. The number of hydrogen-bond donors (Lipinski definition) is 2. The molecule has 1 fully saturated rings. The predicted octanol–water partition coefficient (Wildman–Crippen LogP) is 1.81. The van der Waals surface area contributed by atoms with Crippen molar-refractivity contribution in [3.05, 3.63) is 30.3 Å². The minimum absolute atomic E-state index is 0.0694. The van der Waals surface area contributed by atoms with Gasteiger partial charge in [-0.15, -0.1) is 0 Å². The molecule has 1 aromatic rings. The van der Waals surface area contributed by atoms with Crippen molar-refractivity contribution in [1.29, 1.82) is 0 Å². The van der Waals surface area contributed by atoms with Gasteiger partial charge in [0.2, 0.25) is 5.91 Å². The van der Waals surface area contributed by atoms with Crippen LogP contribution in [0.25, 0.3) is 0 Å². The van der Waals surface area contributed by atoms with E-state index >= 15 is 0 Å². The molecule has 0 aromatic heterocycles. The highest BCUT2D eigenvalue weighted by molar-refractivity contribution is 5.93. The Balaban J connectivity index is 1.82. The minimum atomic E-state index is -0.110. The van der Waals surface area contributed by atoms with Crippen LogP contribution in [0.4, 0.5) is 5.69 Å². The van der Waals surface area contributed by atoms with E-state index in [1.54, 1.807) is 11.9 Å². The van der Waals surface area contributed by atoms with E-state index in [-0.39, 0.29) is 24.0 Å². The number of carbonyl (C=O) groups is 1. The summed E-state index contributed by atoms with van der Waals surface area (Å²) < 4.78 is 5.38. The second-order valence-corrected chi connectivity index (χ2v) is 6.54. The smallest absolute Gasteiger partial charge is 0.228 e. The Morgan fingerprint density at radius 1 is 1.35 bits per heavy atom. The van der Waals surface area contributed by atoms with Crippen molar-refractivity contribution in [2.24, 2.45) is 5.41 Å². The summed E-state index contributed by atoms with van der Waals surface area (Å²) in [7, 11) is 1.80. The van der Waals surface area contributed by atoms with Crippen LogP contribution in [0.2, 0.25) is 0 Å². The normalized spacial score (nSPS) is 18.4. The summed E-state index contributed by atoms with van der Waals surface area (Å²) in [6.07, 6.45) is 2.16. The molecule has 2 rings (SSSR count). The number of ether oxygens (including phenoxy) is 1. The van der Waals surface area contributed by atoms with Crippen LogP contribution in [0.15, 0.2) is 30.3 Å². The van der Waals surface area contributed by atoms with Crippen molar-refractivity contribution in [1.82, 2.24) is 5.32 Å². The molecule has 5 nitrogen and oxygen atoms in total. The minimum Gasteiger partial charge on any atom is -0.396 e. The van der Waals surface area contributed by atoms with E-state index in [0.717, 1.165) is 25.1 Å². The molecule has 23 heavy (non-hydrogen) atoms. The SMILES string of the molecule is CC(CC(=O)N(C)c1ccccc1)NCC1(CO)CCOCC1. The Morgan fingerprint density at radius 2 is 2.00 bits per heavy atom. The summed E-state index contributed by atoms with van der Waals surface area (Å²) in [5, 5.41) is 13.1. The first kappa shape index (κ1) is 17.9. The molecule has 128 valence electrons. The number of para-hydroxylation sites is 1. The second kappa shape index (κ2) is 8.43. The van der Waals surface area contributed by atoms with Crippen LogP contribution in [0.1, 0.15) is 26.2 Å². The van der Waals surface area contributed by atoms with E-state index in [1.165, 1.54) is 0 Å². The fraction of sp³-hybridized carbons (Fsp3) is 0.611. The lowest BCUT2D eigenvalue weighted by Crippen LogP contribution is -2.45. The molecular weight excluding hydrogens is 292 g/mol. The lowest BCUT2D eigenvalue weighted by atomic mass is 9.81. The zero-order valence-corrected chi connectivity index (χ0v) is 14.1. The molecule has 1 aromatic carbocycles. The maximum absolute atomic E-state index is 12.4. The van der Waals surface area contributed by atoms with Crippen LogP contribution in [-0.4, -0.2) is 50.5 Å². The van der Waals surface area contributed by atoms with Gasteiger partial charge in [0.1, 0.15) is 0 Å². The van der Waals surface area contributed by atoms with Gasteiger partial charge in [-0.1, -0.05) is 18.2 Å². The third-order valence-electron chi connectivity index (χ3n) is 4.71. The molecule has 0 saturated carbocycles. The van der Waals surface area contributed by atoms with Gasteiger partial charge in [0, 0.05) is 50.4 Å². The Kier molecular flexibility index (Phi) is 6.57. The highest BCUT2D eigenvalue weighted by Crippen LogP contribution is 2.29. The number of hydrogen-bond acceptors (Lipinski definition) is 4. The Morgan fingerprint density at radius 3 is 2.61 bits per heavy atom. The highest BCUT2D eigenvalue weighted by atomic mass is 16.5. The molecule has 0 spiro atoms. The monoisotopic (exact) mass is 320 g/mol. The predicted molar refractivity (Wildman–Crippen MR) is 91.5 cm³/mol. The van der Waals surface area contributed by atoms with Gasteiger partial charge in [-0.3, -0.25) is 4.79 Å². The number of carbonyl (C=O) groups excluding carboxylic acids is 1. The van der Waals surface area contributed by atoms with Crippen molar-refractivity contribution in [2.45, 2.75) is 32.2 Å². The summed E-state index contributed by atoms with van der Waals surface area (Å²) in [4.78, 5) is 14.1. The molecule has 1 unspecified atom stereocenters. The van der Waals surface area contributed by atoms with Crippen molar-refractivity contribution >= 4 is 11.6 Å². The maximum Gasteiger partial charge on any atom is 0.228 e. The third-order valence-corrected chi connectivity index (χ3v) is 4.71. The van der Waals surface area contributed by atoms with Crippen LogP contribution in [0, 0.1) is 5.41 Å². The number of amides is 1. The average Bonchev–Trinajstić information content (AvgIpc) is 2.61. The lowest BCUT2D eigenvalue weighted by molar-refractivity contribution is -0.118. The number of aliphatic hydroxyl groups is 1. The Hall–Kier alpha value is -1.43. The summed E-state index contributed by atoms with van der Waals surface area (Å²) in [6.45, 7) is 4.30. The first-order valence-corrected chi connectivity index (χ1v) is 8.30. The highest BCUT2D eigenvalue weighted by Gasteiger charge is 2.32. The molecule has 0 radical (unpaired) electrons. The topological polar surface area (TPSA) is 61.8 Å². The molecule has 1 atom stereocenters. The molecule has 1 heterocycles. The molecule has 1 amide bonds. The van der Waals surface area contributed by atoms with E-state index < -0.39 is 0 Å². The van der Waals surface area contributed by atoms with Crippen LogP contribution < -0.4 is 10.2 Å². The van der Waals surface area contributed by atoms with E-state index in [4.69, 9.17) is 4.74 Å². The average molecular weight is 320 g/mol. The molecule has 5 heteroatoms. The van der Waals surface area contributed by atoms with Crippen molar-refractivity contribution < 1.29 is 14.6 Å². The van der Waals surface area contributed by atoms with Gasteiger partial charge in [0.25, 0.3) is 0 Å². The fourth-order valence-corrected chi connectivity index (χ4v) is 2.85. The van der Waals surface area contributed by atoms with Crippen molar-refractivity contribution in [2.75, 3.05) is 38.3 Å². The molecule has 0 bridgehead atoms. The van der Waals surface area contributed by atoms with E-state index in [2.05, 4.69) is 5.32 Å². The molecule has 0 aliphatic carbocycles. The summed E-state index contributed by atoms with van der Waals surface area (Å²) in [5.41, 5.74) is 0.793. The molecule has 1 aliphatic heterocycles. The quantitative estimate of drug-likeness (QED) is 0.804. The van der Waals surface area contributed by atoms with Crippen LogP contribution in [0.5, 0.6) is 0 Å². The zero-order chi connectivity index (χ0) is 16.7. The molecule has 1 saturated heterocycles. The van der Waals surface area contributed by atoms with Crippen LogP contribution in [-0.2, 0) is 9.53 Å². The van der Waals surface area contributed by atoms with Gasteiger partial charge in [-0.05, 0) is 31.9 Å². The Bertz CT molecular complexity index is 486. The van der Waals surface area contributed by atoms with Gasteiger partial charge in [-0.2, -0.15) is 0 Å². The number of aliphatic hydroxyl groups excluding tert-OH is 1. The Labute approximate surface area is 138 Å². The van der Waals surface area contributed by atoms with E-state index in [9.17, 15) is 9.90 Å². The first-order chi connectivity index (χ1) is 11.1. The first-order valence-electron chi connectivity index (χ1n) is 8.30. The van der Waals surface area contributed by atoms with Gasteiger partial charge in [0.05, 0.1) is 6.61 Å². The van der Waals surface area contributed by atoms with Crippen LogP contribution >= 0.6 is 0 Å². The summed E-state index contributed by atoms with van der Waals surface area (Å²) in [6, 6.07) is 9.72. The molecule has 2 N–H and O–H groups in total. The largest absolute Gasteiger partial charge is 0.396 e. The summed E-state index contributed by atoms with van der Waals surface area (Å²) in [5.74, 6) is 0.0845. The maximum atomic E-state index is 12.4.